The highest BCUT2D eigenvalue weighted by Crippen LogP contribution is 2.31. The number of nitrogens with zero attached hydrogens (tertiary/aromatic N) is 1. The van der Waals surface area contributed by atoms with Crippen molar-refractivity contribution in [2.24, 2.45) is 0 Å². The molecular formula is C17H22ClNO2. The fraction of sp³-hybridized carbons (Fsp3) is 0.471. The molecule has 0 spiro atoms. The topological polar surface area (TPSA) is 29.5 Å². The van der Waals surface area contributed by atoms with E-state index in [0.29, 0.717) is 13.0 Å². The van der Waals surface area contributed by atoms with Gasteiger partial charge < -0.3 is 9.64 Å². The first kappa shape index (κ1) is 16.1. The van der Waals surface area contributed by atoms with E-state index in [1.165, 1.54) is 0 Å². The Morgan fingerprint density at radius 3 is 2.76 bits per heavy atom. The third-order valence-electron chi connectivity index (χ3n) is 3.74. The van der Waals surface area contributed by atoms with Gasteiger partial charge in [0.1, 0.15) is 11.9 Å². The highest BCUT2D eigenvalue weighted by atomic mass is 35.5. The second-order valence-corrected chi connectivity index (χ2v) is 5.78. The molecule has 0 aromatic heterocycles. The van der Waals surface area contributed by atoms with E-state index in [1.807, 2.05) is 36.5 Å². The Morgan fingerprint density at radius 1 is 1.43 bits per heavy atom. The first-order valence-corrected chi connectivity index (χ1v) is 7.78. The maximum absolute atomic E-state index is 11.0. The van der Waals surface area contributed by atoms with E-state index in [2.05, 4.69) is 11.8 Å². The quantitative estimate of drug-likeness (QED) is 0.824. The number of carbonyl (C=O) groups is 1. The van der Waals surface area contributed by atoms with E-state index < -0.39 is 0 Å². The van der Waals surface area contributed by atoms with Crippen molar-refractivity contribution in [3.8, 4) is 0 Å². The number of carbonyl (C=O) groups excluding carboxylic acids is 1. The zero-order valence-corrected chi connectivity index (χ0v) is 13.3. The van der Waals surface area contributed by atoms with E-state index >= 15 is 0 Å². The highest BCUT2D eigenvalue weighted by molar-refractivity contribution is 6.30. The van der Waals surface area contributed by atoms with Crippen LogP contribution in [0.4, 0.5) is 0 Å². The normalized spacial score (nSPS) is 22.7. The lowest BCUT2D eigenvalue weighted by atomic mass is 9.97. The number of ketones is 1. The Morgan fingerprint density at radius 2 is 2.14 bits per heavy atom. The number of benzene rings is 1. The van der Waals surface area contributed by atoms with Crippen LogP contribution in [-0.2, 0) is 9.53 Å². The molecule has 2 rings (SSSR count). The van der Waals surface area contributed by atoms with E-state index in [9.17, 15) is 4.79 Å². The van der Waals surface area contributed by atoms with Crippen LogP contribution in [0.2, 0.25) is 5.02 Å². The Bertz CT molecular complexity index is 498. The van der Waals surface area contributed by atoms with Gasteiger partial charge in [0.15, 0.2) is 0 Å². The monoisotopic (exact) mass is 307 g/mol. The average Bonchev–Trinajstić information content (AvgIpc) is 2.47. The maximum atomic E-state index is 11.0. The molecule has 1 aromatic rings. The molecule has 1 aromatic carbocycles. The second kappa shape index (κ2) is 7.62. The standard InChI is InChI=1S/C17H22ClNO2/c1-3-16-17(14-6-8-15(18)9-7-14)21-12-11-19(16)10-4-5-13(2)20/h4,6-10,16-17H,3,5,11-12H2,1-2H3. The molecule has 0 aliphatic carbocycles. The van der Waals surface area contributed by atoms with Crippen molar-refractivity contribution in [2.75, 3.05) is 13.2 Å². The van der Waals surface area contributed by atoms with Gasteiger partial charge in [0, 0.05) is 18.0 Å². The number of morpholine rings is 1. The van der Waals surface area contributed by atoms with Crippen molar-refractivity contribution in [2.45, 2.75) is 38.8 Å². The summed E-state index contributed by atoms with van der Waals surface area (Å²) >= 11 is 5.95. The van der Waals surface area contributed by atoms with E-state index in [4.69, 9.17) is 16.3 Å². The summed E-state index contributed by atoms with van der Waals surface area (Å²) in [5, 5.41) is 0.737. The molecule has 0 amide bonds. The van der Waals surface area contributed by atoms with Crippen molar-refractivity contribution in [3.05, 3.63) is 47.1 Å². The van der Waals surface area contributed by atoms with Crippen LogP contribution in [0.5, 0.6) is 0 Å². The van der Waals surface area contributed by atoms with Gasteiger partial charge in [-0.2, -0.15) is 0 Å². The number of allylic oxidation sites excluding steroid dienone is 1. The third kappa shape index (κ3) is 4.32. The Kier molecular flexibility index (Phi) is 5.83. The Balaban J connectivity index is 2.12. The van der Waals surface area contributed by atoms with Crippen molar-refractivity contribution in [1.29, 1.82) is 0 Å². The summed E-state index contributed by atoms with van der Waals surface area (Å²) in [5.74, 6) is 0.182. The molecule has 1 heterocycles. The molecule has 3 nitrogen and oxygen atoms in total. The summed E-state index contributed by atoms with van der Waals surface area (Å²) in [6, 6.07) is 8.13. The number of ether oxygens (including phenoxy) is 1. The minimum atomic E-state index is 0.0444. The first-order chi connectivity index (χ1) is 10.1. The third-order valence-corrected chi connectivity index (χ3v) is 3.99. The molecule has 0 saturated carbocycles. The van der Waals surface area contributed by atoms with Gasteiger partial charge in [0.05, 0.1) is 12.6 Å². The van der Waals surface area contributed by atoms with E-state index in [1.54, 1.807) is 6.92 Å². The predicted molar refractivity (Wildman–Crippen MR) is 85.4 cm³/mol. The molecule has 114 valence electrons. The van der Waals surface area contributed by atoms with Gasteiger partial charge in [-0.3, -0.25) is 4.79 Å². The summed E-state index contributed by atoms with van der Waals surface area (Å²) in [5.41, 5.74) is 1.15. The van der Waals surface area contributed by atoms with Crippen LogP contribution in [0.1, 0.15) is 38.4 Å². The molecule has 2 atom stereocenters. The van der Waals surface area contributed by atoms with Gasteiger partial charge >= 0.3 is 0 Å². The minimum Gasteiger partial charge on any atom is -0.370 e. The molecule has 1 saturated heterocycles. The lowest BCUT2D eigenvalue weighted by Crippen LogP contribution is -2.43. The molecular weight excluding hydrogens is 286 g/mol. The molecule has 0 radical (unpaired) electrons. The molecule has 2 unspecified atom stereocenters. The van der Waals surface area contributed by atoms with Crippen LogP contribution < -0.4 is 0 Å². The van der Waals surface area contributed by atoms with Crippen molar-refractivity contribution >= 4 is 17.4 Å². The van der Waals surface area contributed by atoms with Gasteiger partial charge in [-0.15, -0.1) is 0 Å². The minimum absolute atomic E-state index is 0.0444. The summed E-state index contributed by atoms with van der Waals surface area (Å²) < 4.78 is 5.98. The van der Waals surface area contributed by atoms with E-state index in [0.717, 1.165) is 23.6 Å². The van der Waals surface area contributed by atoms with Crippen LogP contribution in [-0.4, -0.2) is 29.9 Å². The van der Waals surface area contributed by atoms with Crippen LogP contribution in [0.25, 0.3) is 0 Å². The zero-order valence-electron chi connectivity index (χ0n) is 12.6. The molecule has 1 aliphatic rings. The predicted octanol–water partition coefficient (Wildman–Crippen LogP) is 3.98. The largest absolute Gasteiger partial charge is 0.370 e. The van der Waals surface area contributed by atoms with Gasteiger partial charge in [0.25, 0.3) is 0 Å². The Hall–Kier alpha value is -1.32. The zero-order chi connectivity index (χ0) is 15.2. The summed E-state index contributed by atoms with van der Waals surface area (Å²) in [6.07, 6.45) is 5.50. The molecule has 1 aliphatic heterocycles. The molecule has 1 fully saturated rings. The lowest BCUT2D eigenvalue weighted by molar-refractivity contribution is -0.116. The number of hydrogen-bond donors (Lipinski definition) is 0. The van der Waals surface area contributed by atoms with Crippen molar-refractivity contribution in [1.82, 2.24) is 4.90 Å². The van der Waals surface area contributed by atoms with Gasteiger partial charge in [0.2, 0.25) is 0 Å². The van der Waals surface area contributed by atoms with Crippen LogP contribution in [0.3, 0.4) is 0 Å². The van der Waals surface area contributed by atoms with Crippen LogP contribution >= 0.6 is 11.6 Å². The summed E-state index contributed by atoms with van der Waals surface area (Å²) in [7, 11) is 0. The molecule has 0 bridgehead atoms. The molecule has 21 heavy (non-hydrogen) atoms. The number of Topliss-reactive ketones (excluding diaryl/α,β-unsaturated/α-hetero) is 1. The van der Waals surface area contributed by atoms with Gasteiger partial charge in [-0.05, 0) is 37.2 Å². The number of hydrogen-bond acceptors (Lipinski definition) is 3. The first-order valence-electron chi connectivity index (χ1n) is 7.40. The summed E-state index contributed by atoms with van der Waals surface area (Å²) in [6.45, 7) is 5.32. The van der Waals surface area contributed by atoms with Crippen molar-refractivity contribution in [3.63, 3.8) is 0 Å². The fourth-order valence-electron chi connectivity index (χ4n) is 2.69. The molecule has 0 N–H and O–H groups in total. The molecule has 4 heteroatoms. The maximum Gasteiger partial charge on any atom is 0.133 e. The van der Waals surface area contributed by atoms with E-state index in [-0.39, 0.29) is 17.9 Å². The average molecular weight is 308 g/mol. The fourth-order valence-corrected chi connectivity index (χ4v) is 2.82. The van der Waals surface area contributed by atoms with Gasteiger partial charge in [-0.25, -0.2) is 0 Å². The Labute approximate surface area is 131 Å². The second-order valence-electron chi connectivity index (χ2n) is 5.35. The summed E-state index contributed by atoms with van der Waals surface area (Å²) in [4.78, 5) is 13.3. The van der Waals surface area contributed by atoms with Crippen LogP contribution in [0, 0.1) is 0 Å². The van der Waals surface area contributed by atoms with Crippen LogP contribution in [0.15, 0.2) is 36.5 Å². The SMILES string of the molecule is CCC1C(c2ccc(Cl)cc2)OCCN1C=CCC(C)=O. The smallest absolute Gasteiger partial charge is 0.133 e. The number of rotatable bonds is 5. The number of halogens is 1. The highest BCUT2D eigenvalue weighted by Gasteiger charge is 2.30. The van der Waals surface area contributed by atoms with Crippen molar-refractivity contribution < 1.29 is 9.53 Å². The lowest BCUT2D eigenvalue weighted by Gasteiger charge is -2.40. The van der Waals surface area contributed by atoms with Gasteiger partial charge in [-0.1, -0.05) is 36.7 Å².